The van der Waals surface area contributed by atoms with Crippen molar-refractivity contribution in [3.05, 3.63) is 35.9 Å². The minimum Gasteiger partial charge on any atom is -0.327 e. The van der Waals surface area contributed by atoms with Gasteiger partial charge < -0.3 is 5.73 Å². The molecule has 0 saturated heterocycles. The first-order chi connectivity index (χ1) is 7.36. The molecule has 0 spiro atoms. The van der Waals surface area contributed by atoms with Crippen molar-refractivity contribution in [3.63, 3.8) is 0 Å². The maximum Gasteiger partial charge on any atom is 0.0202 e. The van der Waals surface area contributed by atoms with E-state index in [0.29, 0.717) is 11.3 Å². The summed E-state index contributed by atoms with van der Waals surface area (Å²) in [6.45, 7) is 0. The SMILES string of the molecule is NC1CCCCC1SCc1ccccc1. The quantitative estimate of drug-likeness (QED) is 0.848. The average Bonchev–Trinajstić information content (AvgIpc) is 2.29. The summed E-state index contributed by atoms with van der Waals surface area (Å²) < 4.78 is 0. The first kappa shape index (κ1) is 11.0. The topological polar surface area (TPSA) is 26.0 Å². The van der Waals surface area contributed by atoms with E-state index in [1.54, 1.807) is 0 Å². The molecule has 0 radical (unpaired) electrons. The number of thioether (sulfide) groups is 1. The molecule has 1 saturated carbocycles. The van der Waals surface area contributed by atoms with Gasteiger partial charge in [-0.25, -0.2) is 0 Å². The smallest absolute Gasteiger partial charge is 0.0202 e. The van der Waals surface area contributed by atoms with Crippen LogP contribution in [0.2, 0.25) is 0 Å². The van der Waals surface area contributed by atoms with Crippen LogP contribution in [0.15, 0.2) is 30.3 Å². The van der Waals surface area contributed by atoms with E-state index in [-0.39, 0.29) is 0 Å². The van der Waals surface area contributed by atoms with E-state index in [1.807, 2.05) is 11.8 Å². The summed E-state index contributed by atoms with van der Waals surface area (Å²) in [4.78, 5) is 0. The molecular weight excluding hydrogens is 202 g/mol. The van der Waals surface area contributed by atoms with Crippen LogP contribution < -0.4 is 5.73 Å². The Kier molecular flexibility index (Phi) is 4.09. The molecule has 1 aliphatic rings. The fourth-order valence-corrected chi connectivity index (χ4v) is 3.43. The Morgan fingerprint density at radius 2 is 1.87 bits per heavy atom. The van der Waals surface area contributed by atoms with E-state index in [4.69, 9.17) is 5.73 Å². The van der Waals surface area contributed by atoms with Gasteiger partial charge in [0.25, 0.3) is 0 Å². The lowest BCUT2D eigenvalue weighted by molar-refractivity contribution is 0.453. The van der Waals surface area contributed by atoms with Crippen LogP contribution in [0.5, 0.6) is 0 Å². The molecule has 1 aromatic carbocycles. The zero-order valence-electron chi connectivity index (χ0n) is 9.06. The molecule has 2 heteroatoms. The van der Waals surface area contributed by atoms with Crippen LogP contribution in [0.1, 0.15) is 31.2 Å². The fraction of sp³-hybridized carbons (Fsp3) is 0.538. The maximum atomic E-state index is 6.12. The van der Waals surface area contributed by atoms with Crippen LogP contribution in [-0.2, 0) is 5.75 Å². The second-order valence-corrected chi connectivity index (χ2v) is 5.51. The standard InChI is InChI=1S/C13H19NS/c14-12-8-4-5-9-13(12)15-10-11-6-2-1-3-7-11/h1-3,6-7,12-13H,4-5,8-10,14H2. The van der Waals surface area contributed by atoms with Crippen LogP contribution in [0.25, 0.3) is 0 Å². The predicted octanol–water partition coefficient (Wildman–Crippen LogP) is 3.19. The van der Waals surface area contributed by atoms with Crippen molar-refractivity contribution in [2.75, 3.05) is 0 Å². The molecule has 0 amide bonds. The number of rotatable bonds is 3. The van der Waals surface area contributed by atoms with Gasteiger partial charge in [-0.2, -0.15) is 11.8 Å². The van der Waals surface area contributed by atoms with Gasteiger partial charge >= 0.3 is 0 Å². The first-order valence-electron chi connectivity index (χ1n) is 5.77. The molecule has 0 aliphatic heterocycles. The Morgan fingerprint density at radius 3 is 2.60 bits per heavy atom. The van der Waals surface area contributed by atoms with Gasteiger partial charge in [0.1, 0.15) is 0 Å². The zero-order chi connectivity index (χ0) is 10.5. The van der Waals surface area contributed by atoms with Crippen LogP contribution in [0, 0.1) is 0 Å². The Morgan fingerprint density at radius 1 is 1.13 bits per heavy atom. The first-order valence-corrected chi connectivity index (χ1v) is 6.82. The van der Waals surface area contributed by atoms with Gasteiger partial charge in [-0.15, -0.1) is 0 Å². The highest BCUT2D eigenvalue weighted by Crippen LogP contribution is 2.29. The van der Waals surface area contributed by atoms with E-state index in [1.165, 1.54) is 31.2 Å². The highest BCUT2D eigenvalue weighted by molar-refractivity contribution is 7.99. The third-order valence-electron chi connectivity index (χ3n) is 3.06. The Balaban J connectivity index is 1.82. The highest BCUT2D eigenvalue weighted by atomic mass is 32.2. The lowest BCUT2D eigenvalue weighted by Crippen LogP contribution is -2.35. The van der Waals surface area contributed by atoms with Gasteiger partial charge in [-0.3, -0.25) is 0 Å². The summed E-state index contributed by atoms with van der Waals surface area (Å²) in [6, 6.07) is 11.1. The van der Waals surface area contributed by atoms with Gasteiger partial charge in [0.05, 0.1) is 0 Å². The Hall–Kier alpha value is -0.470. The fourth-order valence-electron chi connectivity index (χ4n) is 2.11. The molecule has 1 aliphatic carbocycles. The molecule has 1 aromatic rings. The van der Waals surface area contributed by atoms with E-state index in [0.717, 1.165) is 5.75 Å². The van der Waals surface area contributed by atoms with Gasteiger partial charge in [-0.05, 0) is 18.4 Å². The molecule has 1 nitrogen and oxygen atoms in total. The average molecular weight is 221 g/mol. The van der Waals surface area contributed by atoms with E-state index >= 15 is 0 Å². The molecule has 2 atom stereocenters. The van der Waals surface area contributed by atoms with Gasteiger partial charge in [0, 0.05) is 17.0 Å². The van der Waals surface area contributed by atoms with Crippen molar-refractivity contribution >= 4 is 11.8 Å². The summed E-state index contributed by atoms with van der Waals surface area (Å²) in [7, 11) is 0. The van der Waals surface area contributed by atoms with E-state index in [9.17, 15) is 0 Å². The number of hydrogen-bond acceptors (Lipinski definition) is 2. The minimum absolute atomic E-state index is 0.424. The number of benzene rings is 1. The van der Waals surface area contributed by atoms with Gasteiger partial charge in [-0.1, -0.05) is 43.2 Å². The molecule has 2 N–H and O–H groups in total. The molecule has 0 heterocycles. The van der Waals surface area contributed by atoms with Crippen molar-refractivity contribution in [1.29, 1.82) is 0 Å². The lowest BCUT2D eigenvalue weighted by Gasteiger charge is -2.27. The summed E-state index contributed by atoms with van der Waals surface area (Å²) >= 11 is 2.03. The minimum atomic E-state index is 0.424. The summed E-state index contributed by atoms with van der Waals surface area (Å²) in [5.41, 5.74) is 7.54. The Labute approximate surface area is 96.4 Å². The summed E-state index contributed by atoms with van der Waals surface area (Å²) in [5.74, 6) is 1.11. The van der Waals surface area contributed by atoms with Crippen molar-refractivity contribution in [1.82, 2.24) is 0 Å². The molecule has 15 heavy (non-hydrogen) atoms. The van der Waals surface area contributed by atoms with Crippen molar-refractivity contribution in [3.8, 4) is 0 Å². The monoisotopic (exact) mass is 221 g/mol. The highest BCUT2D eigenvalue weighted by Gasteiger charge is 2.21. The molecular formula is C13H19NS. The second-order valence-electron chi connectivity index (χ2n) is 4.28. The van der Waals surface area contributed by atoms with Gasteiger partial charge in [0.2, 0.25) is 0 Å². The van der Waals surface area contributed by atoms with Crippen molar-refractivity contribution < 1.29 is 0 Å². The largest absolute Gasteiger partial charge is 0.327 e. The molecule has 82 valence electrons. The molecule has 2 rings (SSSR count). The van der Waals surface area contributed by atoms with Crippen LogP contribution in [-0.4, -0.2) is 11.3 Å². The predicted molar refractivity (Wildman–Crippen MR) is 68.0 cm³/mol. The second kappa shape index (κ2) is 5.57. The van der Waals surface area contributed by atoms with E-state index < -0.39 is 0 Å². The third kappa shape index (κ3) is 3.25. The lowest BCUT2D eigenvalue weighted by atomic mass is 9.96. The van der Waals surface area contributed by atoms with Crippen molar-refractivity contribution in [2.45, 2.75) is 42.7 Å². The Bertz CT molecular complexity index is 286. The molecule has 0 aromatic heterocycles. The van der Waals surface area contributed by atoms with Gasteiger partial charge in [0.15, 0.2) is 0 Å². The van der Waals surface area contributed by atoms with Crippen LogP contribution >= 0.6 is 11.8 Å². The van der Waals surface area contributed by atoms with Crippen LogP contribution in [0.4, 0.5) is 0 Å². The molecule has 2 unspecified atom stereocenters. The molecule has 0 bridgehead atoms. The summed E-state index contributed by atoms with van der Waals surface area (Å²) in [6.07, 6.45) is 5.20. The summed E-state index contributed by atoms with van der Waals surface area (Å²) in [5, 5.41) is 0.680. The number of nitrogens with two attached hydrogens (primary N) is 1. The number of hydrogen-bond donors (Lipinski definition) is 1. The maximum absolute atomic E-state index is 6.12. The van der Waals surface area contributed by atoms with Crippen molar-refractivity contribution in [2.24, 2.45) is 5.73 Å². The third-order valence-corrected chi connectivity index (χ3v) is 4.57. The van der Waals surface area contributed by atoms with Crippen LogP contribution in [0.3, 0.4) is 0 Å². The normalized spacial score (nSPS) is 26.5. The molecule has 1 fully saturated rings. The zero-order valence-corrected chi connectivity index (χ0v) is 9.88. The van der Waals surface area contributed by atoms with E-state index in [2.05, 4.69) is 30.3 Å².